The van der Waals surface area contributed by atoms with Crippen LogP contribution in [0.25, 0.3) is 0 Å². The molecule has 0 aliphatic carbocycles. The zero-order valence-corrected chi connectivity index (χ0v) is 21.0. The van der Waals surface area contributed by atoms with Crippen molar-refractivity contribution in [2.45, 2.75) is 38.3 Å². The number of sulfone groups is 1. The van der Waals surface area contributed by atoms with Gasteiger partial charge in [-0.05, 0) is 49.6 Å². The second-order valence-electron chi connectivity index (χ2n) is 8.86. The molecular formula is C22H35IN4O2S. The molecule has 0 bridgehead atoms. The Morgan fingerprint density at radius 1 is 1.17 bits per heavy atom. The van der Waals surface area contributed by atoms with Crippen LogP contribution in [0.1, 0.15) is 31.2 Å². The maximum atomic E-state index is 11.7. The molecule has 8 heteroatoms. The molecule has 4 rings (SSSR count). The summed E-state index contributed by atoms with van der Waals surface area (Å²) >= 11 is 0. The minimum Gasteiger partial charge on any atom is -0.356 e. The fourth-order valence-electron chi connectivity index (χ4n) is 5.31. The van der Waals surface area contributed by atoms with Crippen LogP contribution in [0.5, 0.6) is 0 Å². The lowest BCUT2D eigenvalue weighted by Crippen LogP contribution is -2.57. The number of hydrogen-bond acceptors (Lipinski definition) is 4. The number of fused-ring (bicyclic) bond motifs is 1. The smallest absolute Gasteiger partial charge is 0.193 e. The first-order chi connectivity index (χ1) is 14.0. The van der Waals surface area contributed by atoms with Gasteiger partial charge in [0.15, 0.2) is 15.8 Å². The summed E-state index contributed by atoms with van der Waals surface area (Å²) in [6.07, 6.45) is 4.47. The molecule has 168 valence electrons. The van der Waals surface area contributed by atoms with Gasteiger partial charge in [-0.1, -0.05) is 30.3 Å². The molecule has 0 aromatic heterocycles. The average molecular weight is 547 g/mol. The fourth-order valence-corrected chi connectivity index (χ4v) is 7.18. The monoisotopic (exact) mass is 546 g/mol. The van der Waals surface area contributed by atoms with Crippen LogP contribution in [-0.4, -0.2) is 75.0 Å². The van der Waals surface area contributed by atoms with Gasteiger partial charge in [0.2, 0.25) is 0 Å². The highest BCUT2D eigenvalue weighted by molar-refractivity contribution is 14.0. The van der Waals surface area contributed by atoms with Crippen molar-refractivity contribution < 1.29 is 8.42 Å². The molecule has 0 amide bonds. The van der Waals surface area contributed by atoms with Crippen molar-refractivity contribution >= 4 is 39.8 Å². The summed E-state index contributed by atoms with van der Waals surface area (Å²) in [5, 5.41) is 3.46. The SMILES string of the molecule is CN=C(NCC1CCS(=O)(=O)C1)N1CCC2C(CCCN2Cc2ccccc2)C1.I. The highest BCUT2D eigenvalue weighted by Crippen LogP contribution is 2.31. The van der Waals surface area contributed by atoms with E-state index >= 15 is 0 Å². The van der Waals surface area contributed by atoms with Crippen LogP contribution in [0.4, 0.5) is 0 Å². The van der Waals surface area contributed by atoms with Crippen molar-refractivity contribution in [1.82, 2.24) is 15.1 Å². The maximum Gasteiger partial charge on any atom is 0.193 e. The van der Waals surface area contributed by atoms with Crippen molar-refractivity contribution in [3.63, 3.8) is 0 Å². The van der Waals surface area contributed by atoms with Gasteiger partial charge >= 0.3 is 0 Å². The Balaban J connectivity index is 0.00000256. The Hall–Kier alpha value is -0.870. The van der Waals surface area contributed by atoms with Crippen LogP contribution in [0.2, 0.25) is 0 Å². The largest absolute Gasteiger partial charge is 0.356 e. The summed E-state index contributed by atoms with van der Waals surface area (Å²) in [6, 6.07) is 11.5. The van der Waals surface area contributed by atoms with Crippen molar-refractivity contribution in [2.75, 3.05) is 44.7 Å². The molecule has 3 saturated heterocycles. The molecule has 0 spiro atoms. The van der Waals surface area contributed by atoms with Gasteiger partial charge in [-0.3, -0.25) is 9.89 Å². The highest BCUT2D eigenvalue weighted by Gasteiger charge is 2.37. The molecule has 6 nitrogen and oxygen atoms in total. The van der Waals surface area contributed by atoms with Crippen LogP contribution >= 0.6 is 24.0 Å². The molecule has 3 unspecified atom stereocenters. The number of benzene rings is 1. The van der Waals surface area contributed by atoms with Gasteiger partial charge in [0.05, 0.1) is 11.5 Å². The van der Waals surface area contributed by atoms with Gasteiger partial charge in [-0.25, -0.2) is 8.42 Å². The van der Waals surface area contributed by atoms with E-state index in [2.05, 4.69) is 50.4 Å². The van der Waals surface area contributed by atoms with Gasteiger partial charge in [-0.2, -0.15) is 0 Å². The number of piperidine rings is 2. The van der Waals surface area contributed by atoms with Gasteiger partial charge < -0.3 is 10.2 Å². The molecular weight excluding hydrogens is 511 g/mol. The van der Waals surface area contributed by atoms with Crippen LogP contribution in [0, 0.1) is 11.8 Å². The molecule has 3 aliphatic heterocycles. The highest BCUT2D eigenvalue weighted by atomic mass is 127. The fraction of sp³-hybridized carbons (Fsp3) is 0.682. The number of guanidine groups is 1. The average Bonchev–Trinajstić information content (AvgIpc) is 3.08. The molecule has 1 aromatic rings. The predicted molar refractivity (Wildman–Crippen MR) is 133 cm³/mol. The number of likely N-dealkylation sites (tertiary alicyclic amines) is 2. The second-order valence-corrected chi connectivity index (χ2v) is 11.1. The molecule has 1 aromatic carbocycles. The van der Waals surface area contributed by atoms with E-state index in [-0.39, 0.29) is 29.9 Å². The van der Waals surface area contributed by atoms with E-state index in [9.17, 15) is 8.42 Å². The Bertz CT molecular complexity index is 818. The van der Waals surface area contributed by atoms with Crippen molar-refractivity contribution in [3.8, 4) is 0 Å². The quantitative estimate of drug-likeness (QED) is 0.358. The third-order valence-electron chi connectivity index (χ3n) is 6.80. The first kappa shape index (κ1) is 23.8. The number of aliphatic imine (C=N–C) groups is 1. The zero-order valence-electron chi connectivity index (χ0n) is 17.9. The van der Waals surface area contributed by atoms with Gasteiger partial charge in [0.25, 0.3) is 0 Å². The van der Waals surface area contributed by atoms with E-state index < -0.39 is 9.84 Å². The van der Waals surface area contributed by atoms with Crippen LogP contribution in [-0.2, 0) is 16.4 Å². The first-order valence-electron chi connectivity index (χ1n) is 11.0. The zero-order chi connectivity index (χ0) is 20.3. The second kappa shape index (κ2) is 10.6. The lowest BCUT2D eigenvalue weighted by atomic mass is 9.83. The third kappa shape index (κ3) is 5.88. The molecule has 30 heavy (non-hydrogen) atoms. The van der Waals surface area contributed by atoms with Gasteiger partial charge in [-0.15, -0.1) is 24.0 Å². The van der Waals surface area contributed by atoms with Crippen molar-refractivity contribution in [1.29, 1.82) is 0 Å². The van der Waals surface area contributed by atoms with E-state index in [0.717, 1.165) is 38.4 Å². The number of hydrogen-bond donors (Lipinski definition) is 1. The summed E-state index contributed by atoms with van der Waals surface area (Å²) in [5.41, 5.74) is 1.40. The minimum absolute atomic E-state index is 0. The van der Waals surface area contributed by atoms with Gasteiger partial charge in [0, 0.05) is 39.3 Å². The lowest BCUT2D eigenvalue weighted by Gasteiger charge is -2.48. The van der Waals surface area contributed by atoms with Crippen molar-refractivity contribution in [2.24, 2.45) is 16.8 Å². The summed E-state index contributed by atoms with van der Waals surface area (Å²) < 4.78 is 23.4. The number of nitrogens with one attached hydrogen (secondary N) is 1. The molecule has 3 heterocycles. The first-order valence-corrected chi connectivity index (χ1v) is 12.8. The molecule has 3 atom stereocenters. The lowest BCUT2D eigenvalue weighted by molar-refractivity contribution is 0.0372. The summed E-state index contributed by atoms with van der Waals surface area (Å²) in [4.78, 5) is 9.57. The van der Waals surface area contributed by atoms with E-state index in [4.69, 9.17) is 0 Å². The Labute approximate surface area is 198 Å². The maximum absolute atomic E-state index is 11.7. The summed E-state index contributed by atoms with van der Waals surface area (Å²) in [6.45, 7) is 4.99. The molecule has 0 saturated carbocycles. The summed E-state index contributed by atoms with van der Waals surface area (Å²) in [5.74, 6) is 2.48. The molecule has 0 radical (unpaired) electrons. The molecule has 3 fully saturated rings. The molecule has 3 aliphatic rings. The Morgan fingerprint density at radius 3 is 2.67 bits per heavy atom. The topological polar surface area (TPSA) is 65.0 Å². The predicted octanol–water partition coefficient (Wildman–Crippen LogP) is 2.60. The Kier molecular flexibility index (Phi) is 8.43. The van der Waals surface area contributed by atoms with Crippen LogP contribution in [0.15, 0.2) is 35.3 Å². The molecule has 1 N–H and O–H groups in total. The van der Waals surface area contributed by atoms with Crippen LogP contribution in [0.3, 0.4) is 0 Å². The Morgan fingerprint density at radius 2 is 1.97 bits per heavy atom. The summed E-state index contributed by atoms with van der Waals surface area (Å²) in [7, 11) is -0.986. The van der Waals surface area contributed by atoms with Crippen molar-refractivity contribution in [3.05, 3.63) is 35.9 Å². The van der Waals surface area contributed by atoms with Crippen LogP contribution < -0.4 is 5.32 Å². The number of halogens is 1. The third-order valence-corrected chi connectivity index (χ3v) is 8.64. The standard InChI is InChI=1S/C22H34N4O2S.HI/c1-23-22(24-14-19-10-13-29(27,28)17-19)26-12-9-21-20(16-26)8-5-11-25(21)15-18-6-3-2-4-7-18;/h2-4,6-7,19-21H,5,8-17H2,1H3,(H,23,24);1H. The van der Waals surface area contributed by atoms with E-state index in [1.807, 2.05) is 7.05 Å². The number of nitrogens with zero attached hydrogens (tertiary/aromatic N) is 3. The van der Waals surface area contributed by atoms with E-state index in [0.29, 0.717) is 30.0 Å². The van der Waals surface area contributed by atoms with E-state index in [1.54, 1.807) is 0 Å². The number of rotatable bonds is 4. The minimum atomic E-state index is -2.82. The van der Waals surface area contributed by atoms with Gasteiger partial charge in [0.1, 0.15) is 0 Å². The van der Waals surface area contributed by atoms with E-state index in [1.165, 1.54) is 24.9 Å². The normalized spacial score (nSPS) is 29.2.